The summed E-state index contributed by atoms with van der Waals surface area (Å²) in [5, 5.41) is 11.5. The molecular formula is C26H29N3O6. The van der Waals surface area contributed by atoms with Crippen LogP contribution >= 0.6 is 0 Å². The van der Waals surface area contributed by atoms with E-state index in [4.69, 9.17) is 9.15 Å². The zero-order valence-corrected chi connectivity index (χ0v) is 20.2. The monoisotopic (exact) mass is 479 g/mol. The third kappa shape index (κ3) is 5.35. The minimum atomic E-state index is -0.427. The van der Waals surface area contributed by atoms with Crippen molar-refractivity contribution in [2.45, 2.75) is 27.2 Å². The standard InChI is InChI=1S/C26H29N3O6/c1-17-15-22-25(18(2)16-23(31)35-22)26(24(17)19(3)30)34-14-4-9-27-10-12-28(13-11-27)20-5-7-21(8-6-20)29(32)33/h5-8,15-16H,4,9-14H2,1-3H3. The molecule has 0 atom stereocenters. The van der Waals surface area contributed by atoms with Crippen LogP contribution in [0.25, 0.3) is 11.0 Å². The Labute approximate surface area is 203 Å². The zero-order chi connectivity index (χ0) is 25.1. The lowest BCUT2D eigenvalue weighted by Crippen LogP contribution is -2.46. The average molecular weight is 480 g/mol. The molecule has 0 bridgehead atoms. The fourth-order valence-corrected chi connectivity index (χ4v) is 4.66. The van der Waals surface area contributed by atoms with E-state index in [1.165, 1.54) is 25.1 Å². The lowest BCUT2D eigenvalue weighted by molar-refractivity contribution is -0.384. The van der Waals surface area contributed by atoms with Gasteiger partial charge in [0, 0.05) is 56.6 Å². The van der Waals surface area contributed by atoms with Gasteiger partial charge in [-0.15, -0.1) is 0 Å². The number of non-ortho nitro benzene ring substituents is 1. The van der Waals surface area contributed by atoms with Crippen molar-refractivity contribution >= 4 is 28.1 Å². The number of aryl methyl sites for hydroxylation is 2. The summed E-state index contributed by atoms with van der Waals surface area (Å²) >= 11 is 0. The van der Waals surface area contributed by atoms with E-state index in [1.807, 2.05) is 13.8 Å². The van der Waals surface area contributed by atoms with Crippen LogP contribution in [0.3, 0.4) is 0 Å². The largest absolute Gasteiger partial charge is 0.492 e. The van der Waals surface area contributed by atoms with Crippen LogP contribution in [0.15, 0.2) is 45.6 Å². The van der Waals surface area contributed by atoms with Gasteiger partial charge in [-0.3, -0.25) is 19.8 Å². The number of rotatable bonds is 8. The van der Waals surface area contributed by atoms with Crippen molar-refractivity contribution in [1.82, 2.24) is 4.90 Å². The summed E-state index contributed by atoms with van der Waals surface area (Å²) in [6.07, 6.45) is 0.778. The number of ketones is 1. The number of ether oxygens (including phenoxy) is 1. The second-order valence-electron chi connectivity index (χ2n) is 8.88. The van der Waals surface area contributed by atoms with Crippen LogP contribution in [0.1, 0.15) is 34.8 Å². The summed E-state index contributed by atoms with van der Waals surface area (Å²) in [5.41, 5.74) is 3.04. The van der Waals surface area contributed by atoms with Gasteiger partial charge in [0.05, 0.1) is 22.5 Å². The molecule has 35 heavy (non-hydrogen) atoms. The van der Waals surface area contributed by atoms with E-state index in [1.54, 1.807) is 18.2 Å². The minimum absolute atomic E-state index is 0.0904. The van der Waals surface area contributed by atoms with Gasteiger partial charge < -0.3 is 14.1 Å². The minimum Gasteiger partial charge on any atom is -0.492 e. The fourth-order valence-electron chi connectivity index (χ4n) is 4.66. The molecule has 9 nitrogen and oxygen atoms in total. The fraction of sp³-hybridized carbons (Fsp3) is 0.385. The van der Waals surface area contributed by atoms with Gasteiger partial charge in [-0.1, -0.05) is 0 Å². The molecule has 0 unspecified atom stereocenters. The molecule has 1 aromatic heterocycles. The number of nitro benzene ring substituents is 1. The Balaban J connectivity index is 1.36. The van der Waals surface area contributed by atoms with E-state index >= 15 is 0 Å². The molecule has 0 radical (unpaired) electrons. The number of hydrogen-bond acceptors (Lipinski definition) is 8. The summed E-state index contributed by atoms with van der Waals surface area (Å²) in [4.78, 5) is 39.2. The van der Waals surface area contributed by atoms with E-state index in [0.29, 0.717) is 28.9 Å². The van der Waals surface area contributed by atoms with E-state index in [2.05, 4.69) is 9.80 Å². The lowest BCUT2D eigenvalue weighted by Gasteiger charge is -2.36. The maximum Gasteiger partial charge on any atom is 0.336 e. The molecule has 3 aromatic rings. The van der Waals surface area contributed by atoms with Crippen LogP contribution in [0, 0.1) is 24.0 Å². The van der Waals surface area contributed by atoms with Crippen molar-refractivity contribution < 1.29 is 18.9 Å². The molecule has 0 spiro atoms. The number of nitrogens with zero attached hydrogens (tertiary/aromatic N) is 3. The van der Waals surface area contributed by atoms with Gasteiger partial charge in [0.15, 0.2) is 5.78 Å². The van der Waals surface area contributed by atoms with Crippen LogP contribution in [0.2, 0.25) is 0 Å². The van der Waals surface area contributed by atoms with E-state index in [9.17, 15) is 19.7 Å². The summed E-state index contributed by atoms with van der Waals surface area (Å²) in [6.45, 7) is 9.87. The van der Waals surface area contributed by atoms with Crippen LogP contribution in [-0.2, 0) is 0 Å². The third-order valence-electron chi connectivity index (χ3n) is 6.40. The van der Waals surface area contributed by atoms with Gasteiger partial charge >= 0.3 is 5.63 Å². The maximum atomic E-state index is 12.4. The quantitative estimate of drug-likeness (QED) is 0.156. The van der Waals surface area contributed by atoms with Crippen molar-refractivity contribution in [2.24, 2.45) is 0 Å². The highest BCUT2D eigenvalue weighted by molar-refractivity contribution is 6.04. The first kappa shape index (κ1) is 24.4. The molecule has 0 aliphatic carbocycles. The number of carbonyl (C=O) groups excluding carboxylic acids is 1. The Morgan fingerprint density at radius 2 is 1.77 bits per heavy atom. The van der Waals surface area contributed by atoms with Gasteiger partial charge in [-0.05, 0) is 56.5 Å². The number of piperazine rings is 1. The Morgan fingerprint density at radius 3 is 2.40 bits per heavy atom. The van der Waals surface area contributed by atoms with Crippen molar-refractivity contribution in [3.63, 3.8) is 0 Å². The smallest absolute Gasteiger partial charge is 0.336 e. The third-order valence-corrected chi connectivity index (χ3v) is 6.40. The highest BCUT2D eigenvalue weighted by atomic mass is 16.6. The molecular weight excluding hydrogens is 450 g/mol. The van der Waals surface area contributed by atoms with Gasteiger partial charge in [0.25, 0.3) is 5.69 Å². The molecule has 0 saturated carbocycles. The van der Waals surface area contributed by atoms with Crippen LogP contribution in [0.5, 0.6) is 5.75 Å². The van der Waals surface area contributed by atoms with Gasteiger partial charge in [-0.2, -0.15) is 0 Å². The van der Waals surface area contributed by atoms with E-state index < -0.39 is 5.63 Å². The highest BCUT2D eigenvalue weighted by Crippen LogP contribution is 2.34. The van der Waals surface area contributed by atoms with Gasteiger partial charge in [0.2, 0.25) is 0 Å². The summed E-state index contributed by atoms with van der Waals surface area (Å²) in [5.74, 6) is 0.393. The molecule has 1 aliphatic rings. The predicted molar refractivity (Wildman–Crippen MR) is 134 cm³/mol. The number of hydrogen-bond donors (Lipinski definition) is 0. The molecule has 184 valence electrons. The average Bonchev–Trinajstić information content (AvgIpc) is 2.81. The predicted octanol–water partition coefficient (Wildman–Crippen LogP) is 4.11. The zero-order valence-electron chi connectivity index (χ0n) is 20.2. The Hall–Kier alpha value is -3.72. The maximum absolute atomic E-state index is 12.4. The SMILES string of the molecule is CC(=O)c1c(C)cc2oc(=O)cc(C)c2c1OCCCN1CCN(c2ccc([N+](=O)[O-])cc2)CC1. The van der Waals surface area contributed by atoms with Crippen molar-refractivity contribution in [3.05, 3.63) is 73.6 Å². The number of benzene rings is 2. The molecule has 1 aliphatic heterocycles. The number of anilines is 1. The van der Waals surface area contributed by atoms with E-state index in [0.717, 1.165) is 56.0 Å². The van der Waals surface area contributed by atoms with Gasteiger partial charge in [0.1, 0.15) is 11.3 Å². The highest BCUT2D eigenvalue weighted by Gasteiger charge is 2.21. The van der Waals surface area contributed by atoms with Crippen molar-refractivity contribution in [2.75, 3.05) is 44.2 Å². The molecule has 4 rings (SSSR count). The topological polar surface area (TPSA) is 106 Å². The summed E-state index contributed by atoms with van der Waals surface area (Å²) in [6, 6.07) is 9.80. The van der Waals surface area contributed by atoms with E-state index in [-0.39, 0.29) is 16.4 Å². The summed E-state index contributed by atoms with van der Waals surface area (Å²) in [7, 11) is 0. The second-order valence-corrected chi connectivity index (χ2v) is 8.88. The Morgan fingerprint density at radius 1 is 1.09 bits per heavy atom. The number of fused-ring (bicyclic) bond motifs is 1. The normalized spacial score (nSPS) is 14.3. The first-order valence-corrected chi connectivity index (χ1v) is 11.7. The molecule has 9 heteroatoms. The van der Waals surface area contributed by atoms with Gasteiger partial charge in [-0.25, -0.2) is 4.79 Å². The molecule has 1 saturated heterocycles. The second kappa shape index (κ2) is 10.3. The number of carbonyl (C=O) groups is 1. The van der Waals surface area contributed by atoms with Crippen LogP contribution in [-0.4, -0.2) is 54.9 Å². The van der Waals surface area contributed by atoms with Crippen molar-refractivity contribution in [1.29, 1.82) is 0 Å². The number of nitro groups is 1. The first-order chi connectivity index (χ1) is 16.7. The van der Waals surface area contributed by atoms with Crippen LogP contribution < -0.4 is 15.3 Å². The Bertz CT molecular complexity index is 1310. The molecule has 0 N–H and O–H groups in total. The Kier molecular flexibility index (Phi) is 7.16. The first-order valence-electron chi connectivity index (χ1n) is 11.7. The lowest BCUT2D eigenvalue weighted by atomic mass is 9.98. The number of Topliss-reactive ketones (excluding diaryl/α,β-unsaturated/α-hetero) is 1. The molecule has 2 heterocycles. The molecule has 0 amide bonds. The molecule has 1 fully saturated rings. The van der Waals surface area contributed by atoms with Crippen LogP contribution in [0.4, 0.5) is 11.4 Å². The van der Waals surface area contributed by atoms with Crippen molar-refractivity contribution in [3.8, 4) is 5.75 Å². The molecule has 2 aromatic carbocycles. The summed E-state index contributed by atoms with van der Waals surface area (Å²) < 4.78 is 11.5.